The lowest BCUT2D eigenvalue weighted by molar-refractivity contribution is 0.209. The van der Waals surface area contributed by atoms with Gasteiger partial charge in [0.15, 0.2) is 5.82 Å². The summed E-state index contributed by atoms with van der Waals surface area (Å²) >= 11 is 0. The van der Waals surface area contributed by atoms with Crippen LogP contribution >= 0.6 is 0 Å². The number of carboxylic acid groups (broad SMARTS) is 1. The minimum atomic E-state index is -1.19. The number of hydrogen-bond donors (Lipinski definition) is 5. The third-order valence-corrected chi connectivity index (χ3v) is 4.19. The van der Waals surface area contributed by atoms with Crippen LogP contribution in [0.4, 0.5) is 16.4 Å². The molecule has 0 spiro atoms. The van der Waals surface area contributed by atoms with Gasteiger partial charge in [-0.15, -0.1) is 0 Å². The molecule has 2 aromatic carbocycles. The van der Waals surface area contributed by atoms with E-state index in [9.17, 15) is 9.90 Å². The Morgan fingerprint density at radius 1 is 1.07 bits per heavy atom. The minimum absolute atomic E-state index is 0.149. The van der Waals surface area contributed by atoms with Gasteiger partial charge in [-0.2, -0.15) is 5.10 Å². The molecule has 8 heteroatoms. The highest BCUT2D eigenvalue weighted by Gasteiger charge is 2.13. The molecule has 0 unspecified atom stereocenters. The first-order chi connectivity index (χ1) is 13.0. The van der Waals surface area contributed by atoms with Gasteiger partial charge in [-0.25, -0.2) is 9.78 Å². The Labute approximate surface area is 153 Å². The second kappa shape index (κ2) is 6.34. The van der Waals surface area contributed by atoms with Gasteiger partial charge in [0.25, 0.3) is 0 Å². The summed E-state index contributed by atoms with van der Waals surface area (Å²) in [6, 6.07) is 14.1. The molecular formula is C19H15N5O3. The van der Waals surface area contributed by atoms with Crippen LogP contribution in [0.3, 0.4) is 0 Å². The summed E-state index contributed by atoms with van der Waals surface area (Å²) in [5.74, 6) is 0.723. The SMILES string of the molecule is Nc1n[nH]c2c(-c3cccc(O)c3)cc(-c3ccnc(NC(=O)O)c3)cc12. The van der Waals surface area contributed by atoms with Crippen molar-refractivity contribution in [1.29, 1.82) is 0 Å². The highest BCUT2D eigenvalue weighted by Crippen LogP contribution is 2.36. The average molecular weight is 361 g/mol. The van der Waals surface area contributed by atoms with E-state index in [1.807, 2.05) is 18.2 Å². The van der Waals surface area contributed by atoms with Gasteiger partial charge in [-0.3, -0.25) is 10.4 Å². The van der Waals surface area contributed by atoms with Gasteiger partial charge < -0.3 is 15.9 Å². The van der Waals surface area contributed by atoms with E-state index >= 15 is 0 Å². The smallest absolute Gasteiger partial charge is 0.410 e. The molecule has 0 saturated heterocycles. The molecule has 1 amide bonds. The fraction of sp³-hybridized carbons (Fsp3) is 0. The van der Waals surface area contributed by atoms with E-state index in [-0.39, 0.29) is 11.6 Å². The molecule has 2 aromatic heterocycles. The molecule has 4 aromatic rings. The number of phenolic OH excluding ortho intramolecular Hbond substituents is 1. The lowest BCUT2D eigenvalue weighted by Crippen LogP contribution is -2.08. The van der Waals surface area contributed by atoms with Gasteiger partial charge in [-0.1, -0.05) is 12.1 Å². The Bertz CT molecular complexity index is 1170. The van der Waals surface area contributed by atoms with Crippen molar-refractivity contribution in [2.24, 2.45) is 0 Å². The fourth-order valence-corrected chi connectivity index (χ4v) is 3.00. The van der Waals surface area contributed by atoms with Crippen LogP contribution in [0.1, 0.15) is 0 Å². The predicted octanol–water partition coefficient (Wildman–Crippen LogP) is 3.67. The van der Waals surface area contributed by atoms with E-state index in [1.165, 1.54) is 6.20 Å². The van der Waals surface area contributed by atoms with Crippen LogP contribution in [0, 0.1) is 0 Å². The van der Waals surface area contributed by atoms with Crippen LogP contribution in [-0.2, 0) is 0 Å². The van der Waals surface area contributed by atoms with E-state index in [2.05, 4.69) is 20.5 Å². The van der Waals surface area contributed by atoms with Gasteiger partial charge in [0.2, 0.25) is 0 Å². The zero-order chi connectivity index (χ0) is 19.0. The number of carbonyl (C=O) groups is 1. The van der Waals surface area contributed by atoms with Crippen LogP contribution < -0.4 is 11.1 Å². The molecule has 0 fully saturated rings. The number of aromatic amines is 1. The summed E-state index contributed by atoms with van der Waals surface area (Å²) in [6.45, 7) is 0. The van der Waals surface area contributed by atoms with E-state index in [0.29, 0.717) is 5.82 Å². The van der Waals surface area contributed by atoms with E-state index in [1.54, 1.807) is 30.3 Å². The number of nitrogens with one attached hydrogen (secondary N) is 2. The fourth-order valence-electron chi connectivity index (χ4n) is 3.00. The van der Waals surface area contributed by atoms with E-state index < -0.39 is 6.09 Å². The van der Waals surface area contributed by atoms with Crippen molar-refractivity contribution >= 4 is 28.6 Å². The second-order valence-electron chi connectivity index (χ2n) is 5.97. The number of anilines is 2. The highest BCUT2D eigenvalue weighted by atomic mass is 16.4. The largest absolute Gasteiger partial charge is 0.508 e. The molecule has 0 aliphatic heterocycles. The van der Waals surface area contributed by atoms with Crippen LogP contribution in [0.2, 0.25) is 0 Å². The Kier molecular flexibility index (Phi) is 3.85. The number of fused-ring (bicyclic) bond motifs is 1. The number of aromatic hydroxyl groups is 1. The lowest BCUT2D eigenvalue weighted by Gasteiger charge is -2.10. The van der Waals surface area contributed by atoms with Crippen LogP contribution in [0.5, 0.6) is 5.75 Å². The van der Waals surface area contributed by atoms with Gasteiger partial charge in [0.1, 0.15) is 11.6 Å². The number of hydrogen-bond acceptors (Lipinski definition) is 5. The number of amides is 1. The van der Waals surface area contributed by atoms with Gasteiger partial charge >= 0.3 is 6.09 Å². The zero-order valence-electron chi connectivity index (χ0n) is 14.0. The summed E-state index contributed by atoms with van der Waals surface area (Å²) in [7, 11) is 0. The number of pyridine rings is 1. The molecule has 134 valence electrons. The maximum atomic E-state index is 10.9. The molecule has 0 atom stereocenters. The molecular weight excluding hydrogens is 346 g/mol. The lowest BCUT2D eigenvalue weighted by atomic mass is 9.96. The van der Waals surface area contributed by atoms with Crippen molar-refractivity contribution < 1.29 is 15.0 Å². The number of H-pyrrole nitrogens is 1. The standard InChI is InChI=1S/C19H15N5O3/c20-18-15-8-12(10-4-5-21-16(9-10)22-19(26)27)7-14(17(15)23-24-18)11-2-1-3-13(25)6-11/h1-9,25H,(H,21,22)(H,26,27)(H3,20,23,24). The molecule has 2 heterocycles. The van der Waals surface area contributed by atoms with Gasteiger partial charge in [0.05, 0.1) is 5.52 Å². The molecule has 27 heavy (non-hydrogen) atoms. The normalized spacial score (nSPS) is 10.8. The van der Waals surface area contributed by atoms with Gasteiger partial charge in [-0.05, 0) is 53.1 Å². The summed E-state index contributed by atoms with van der Waals surface area (Å²) in [5.41, 5.74) is 9.93. The first-order valence-electron chi connectivity index (χ1n) is 8.04. The average Bonchev–Trinajstić information content (AvgIpc) is 3.02. The molecule has 0 aliphatic rings. The predicted molar refractivity (Wildman–Crippen MR) is 102 cm³/mol. The summed E-state index contributed by atoms with van der Waals surface area (Å²) in [6.07, 6.45) is 0.340. The van der Waals surface area contributed by atoms with Crippen LogP contribution in [0.25, 0.3) is 33.2 Å². The van der Waals surface area contributed by atoms with Crippen LogP contribution in [0.15, 0.2) is 54.7 Å². The maximum Gasteiger partial charge on any atom is 0.410 e. The monoisotopic (exact) mass is 361 g/mol. The van der Waals surface area contributed by atoms with Crippen molar-refractivity contribution in [3.05, 3.63) is 54.7 Å². The van der Waals surface area contributed by atoms with E-state index in [4.69, 9.17) is 10.8 Å². The Hall–Kier alpha value is -4.07. The van der Waals surface area contributed by atoms with Crippen molar-refractivity contribution in [3.63, 3.8) is 0 Å². The van der Waals surface area contributed by atoms with Crippen molar-refractivity contribution in [2.45, 2.75) is 0 Å². The quantitative estimate of drug-likeness (QED) is 0.377. The third-order valence-electron chi connectivity index (χ3n) is 4.19. The number of rotatable bonds is 3. The Morgan fingerprint density at radius 2 is 1.93 bits per heavy atom. The molecule has 6 N–H and O–H groups in total. The Balaban J connectivity index is 1.92. The number of phenols is 1. The number of nitrogen functional groups attached to an aromatic ring is 1. The van der Waals surface area contributed by atoms with Gasteiger partial charge in [0, 0.05) is 17.1 Å². The topological polar surface area (TPSA) is 137 Å². The van der Waals surface area contributed by atoms with Crippen molar-refractivity contribution in [1.82, 2.24) is 15.2 Å². The van der Waals surface area contributed by atoms with Crippen molar-refractivity contribution in [2.75, 3.05) is 11.1 Å². The van der Waals surface area contributed by atoms with E-state index in [0.717, 1.165) is 33.2 Å². The van der Waals surface area contributed by atoms with Crippen molar-refractivity contribution in [3.8, 4) is 28.0 Å². The molecule has 0 saturated carbocycles. The summed E-state index contributed by atoms with van der Waals surface area (Å²) in [5, 5.41) is 28.7. The second-order valence-corrected chi connectivity index (χ2v) is 5.97. The number of nitrogens with zero attached hydrogens (tertiary/aromatic N) is 2. The summed E-state index contributed by atoms with van der Waals surface area (Å²) in [4.78, 5) is 14.9. The molecule has 0 aliphatic carbocycles. The number of nitrogens with two attached hydrogens (primary N) is 1. The Morgan fingerprint density at radius 3 is 2.70 bits per heavy atom. The molecule has 0 radical (unpaired) electrons. The minimum Gasteiger partial charge on any atom is -0.508 e. The first kappa shape index (κ1) is 16.4. The number of benzene rings is 2. The molecule has 8 nitrogen and oxygen atoms in total. The first-order valence-corrected chi connectivity index (χ1v) is 8.04. The highest BCUT2D eigenvalue weighted by molar-refractivity contribution is 6.02. The molecule has 4 rings (SSSR count). The number of aromatic nitrogens is 3. The third kappa shape index (κ3) is 3.11. The zero-order valence-corrected chi connectivity index (χ0v) is 14.0. The maximum absolute atomic E-state index is 10.9. The summed E-state index contributed by atoms with van der Waals surface area (Å²) < 4.78 is 0. The molecule has 0 bridgehead atoms. The van der Waals surface area contributed by atoms with Crippen LogP contribution in [-0.4, -0.2) is 31.5 Å².